The number of hydrogen-bond acceptors (Lipinski definition) is 5. The molecule has 2 heterocycles. The average molecular weight is 215 g/mol. The topological polar surface area (TPSA) is 63.6 Å². The lowest BCUT2D eigenvalue weighted by atomic mass is 10.3. The van der Waals surface area contributed by atoms with E-state index in [-0.39, 0.29) is 0 Å². The highest BCUT2D eigenvalue weighted by Gasteiger charge is 1.96. The lowest BCUT2D eigenvalue weighted by Gasteiger charge is -2.03. The second-order valence-corrected chi connectivity index (χ2v) is 3.40. The summed E-state index contributed by atoms with van der Waals surface area (Å²) in [6.45, 7) is 3.28. The summed E-state index contributed by atoms with van der Waals surface area (Å²) in [5, 5.41) is 3.25. The van der Waals surface area contributed by atoms with Crippen molar-refractivity contribution in [1.82, 2.24) is 25.3 Å². The molecule has 0 fully saturated rings. The molecule has 2 aromatic rings. The number of nitrogens with one attached hydrogen (secondary N) is 1. The van der Waals surface area contributed by atoms with Crippen LogP contribution < -0.4 is 5.32 Å². The molecule has 5 heteroatoms. The van der Waals surface area contributed by atoms with Gasteiger partial charge in [0.2, 0.25) is 0 Å². The standard InChI is InChI=1S/C11H13N5/c1-9-14-3-2-10(16-9)6-13-8-11-7-12-4-5-15-11/h2-5,7,13H,6,8H2,1H3. The molecule has 0 aliphatic rings. The van der Waals surface area contributed by atoms with Gasteiger partial charge in [-0.15, -0.1) is 0 Å². The van der Waals surface area contributed by atoms with Gasteiger partial charge in [0.25, 0.3) is 0 Å². The van der Waals surface area contributed by atoms with E-state index < -0.39 is 0 Å². The summed E-state index contributed by atoms with van der Waals surface area (Å²) in [6.07, 6.45) is 6.86. The molecular weight excluding hydrogens is 202 g/mol. The van der Waals surface area contributed by atoms with Gasteiger partial charge in [0, 0.05) is 37.9 Å². The predicted molar refractivity (Wildman–Crippen MR) is 59.3 cm³/mol. The Bertz CT molecular complexity index is 443. The van der Waals surface area contributed by atoms with Gasteiger partial charge in [0.15, 0.2) is 0 Å². The van der Waals surface area contributed by atoms with Crippen molar-refractivity contribution in [3.8, 4) is 0 Å². The number of nitrogens with zero attached hydrogens (tertiary/aromatic N) is 4. The van der Waals surface area contributed by atoms with Crippen molar-refractivity contribution in [3.05, 3.63) is 48.1 Å². The molecule has 0 saturated heterocycles. The van der Waals surface area contributed by atoms with Gasteiger partial charge in [-0.05, 0) is 13.0 Å². The normalized spacial score (nSPS) is 10.3. The average Bonchev–Trinajstić information content (AvgIpc) is 2.30. The maximum absolute atomic E-state index is 4.29. The molecule has 0 atom stereocenters. The second kappa shape index (κ2) is 5.27. The number of aryl methyl sites for hydroxylation is 1. The third kappa shape index (κ3) is 3.06. The molecule has 2 aromatic heterocycles. The van der Waals surface area contributed by atoms with Crippen LogP contribution in [-0.4, -0.2) is 19.9 Å². The molecule has 0 aliphatic carbocycles. The summed E-state index contributed by atoms with van der Waals surface area (Å²) in [5.74, 6) is 0.791. The minimum Gasteiger partial charge on any atom is -0.305 e. The van der Waals surface area contributed by atoms with E-state index in [0.717, 1.165) is 17.2 Å². The van der Waals surface area contributed by atoms with Crippen LogP contribution in [0.25, 0.3) is 0 Å². The van der Waals surface area contributed by atoms with E-state index in [9.17, 15) is 0 Å². The Labute approximate surface area is 94.0 Å². The van der Waals surface area contributed by atoms with Gasteiger partial charge >= 0.3 is 0 Å². The summed E-state index contributed by atoms with van der Waals surface area (Å²) >= 11 is 0. The second-order valence-electron chi connectivity index (χ2n) is 3.40. The Hall–Kier alpha value is -1.88. The zero-order chi connectivity index (χ0) is 11.2. The fourth-order valence-electron chi connectivity index (χ4n) is 1.34. The third-order valence-electron chi connectivity index (χ3n) is 2.06. The fraction of sp³-hybridized carbons (Fsp3) is 0.273. The molecule has 0 saturated carbocycles. The van der Waals surface area contributed by atoms with Crippen molar-refractivity contribution in [2.45, 2.75) is 20.0 Å². The highest BCUT2D eigenvalue weighted by molar-refractivity contribution is 5.01. The first-order valence-corrected chi connectivity index (χ1v) is 5.09. The van der Waals surface area contributed by atoms with Crippen LogP contribution in [0.1, 0.15) is 17.2 Å². The molecule has 0 unspecified atom stereocenters. The van der Waals surface area contributed by atoms with Crippen molar-refractivity contribution in [3.63, 3.8) is 0 Å². The largest absolute Gasteiger partial charge is 0.305 e. The van der Waals surface area contributed by atoms with Crippen LogP contribution in [0.2, 0.25) is 0 Å². The van der Waals surface area contributed by atoms with Crippen molar-refractivity contribution in [1.29, 1.82) is 0 Å². The van der Waals surface area contributed by atoms with Gasteiger partial charge in [0.05, 0.1) is 11.4 Å². The first-order chi connectivity index (χ1) is 7.84. The minimum atomic E-state index is 0.691. The molecule has 16 heavy (non-hydrogen) atoms. The van der Waals surface area contributed by atoms with Crippen LogP contribution in [0, 0.1) is 6.92 Å². The summed E-state index contributed by atoms with van der Waals surface area (Å²) < 4.78 is 0. The number of rotatable bonds is 4. The Kier molecular flexibility index (Phi) is 3.50. The molecule has 82 valence electrons. The molecule has 0 radical (unpaired) electrons. The van der Waals surface area contributed by atoms with E-state index in [2.05, 4.69) is 25.3 Å². The Balaban J connectivity index is 1.85. The van der Waals surface area contributed by atoms with Crippen molar-refractivity contribution < 1.29 is 0 Å². The van der Waals surface area contributed by atoms with E-state index in [1.165, 1.54) is 0 Å². The number of hydrogen-bond donors (Lipinski definition) is 1. The monoisotopic (exact) mass is 215 g/mol. The maximum atomic E-state index is 4.29. The van der Waals surface area contributed by atoms with Gasteiger partial charge in [-0.1, -0.05) is 0 Å². The predicted octanol–water partition coefficient (Wildman–Crippen LogP) is 0.865. The van der Waals surface area contributed by atoms with Crippen molar-refractivity contribution in [2.24, 2.45) is 0 Å². The first-order valence-electron chi connectivity index (χ1n) is 5.09. The van der Waals surface area contributed by atoms with Crippen LogP contribution in [-0.2, 0) is 13.1 Å². The van der Waals surface area contributed by atoms with Crippen LogP contribution in [0.3, 0.4) is 0 Å². The summed E-state index contributed by atoms with van der Waals surface area (Å²) in [7, 11) is 0. The molecule has 0 aliphatic heterocycles. The molecule has 0 spiro atoms. The van der Waals surface area contributed by atoms with Gasteiger partial charge in [-0.3, -0.25) is 9.97 Å². The zero-order valence-corrected chi connectivity index (χ0v) is 9.09. The lowest BCUT2D eigenvalue weighted by Crippen LogP contribution is -2.15. The van der Waals surface area contributed by atoms with Crippen LogP contribution in [0.15, 0.2) is 30.9 Å². The molecule has 5 nitrogen and oxygen atoms in total. The zero-order valence-electron chi connectivity index (χ0n) is 9.09. The van der Waals surface area contributed by atoms with Crippen molar-refractivity contribution in [2.75, 3.05) is 0 Å². The number of aromatic nitrogens is 4. The molecule has 2 rings (SSSR count). The quantitative estimate of drug-likeness (QED) is 0.819. The SMILES string of the molecule is Cc1nccc(CNCc2cnccn2)n1. The summed E-state index contributed by atoms with van der Waals surface area (Å²) in [6, 6.07) is 1.90. The summed E-state index contributed by atoms with van der Waals surface area (Å²) in [4.78, 5) is 16.5. The third-order valence-corrected chi connectivity index (χ3v) is 2.06. The fourth-order valence-corrected chi connectivity index (χ4v) is 1.34. The molecule has 0 aromatic carbocycles. The molecule has 1 N–H and O–H groups in total. The van der Waals surface area contributed by atoms with E-state index in [0.29, 0.717) is 13.1 Å². The Morgan fingerprint density at radius 1 is 1.06 bits per heavy atom. The van der Waals surface area contributed by atoms with Gasteiger partial charge < -0.3 is 5.32 Å². The van der Waals surface area contributed by atoms with Crippen LogP contribution in [0.4, 0.5) is 0 Å². The van der Waals surface area contributed by atoms with E-state index in [1.54, 1.807) is 24.8 Å². The van der Waals surface area contributed by atoms with Gasteiger partial charge in [-0.25, -0.2) is 9.97 Å². The van der Waals surface area contributed by atoms with Crippen molar-refractivity contribution >= 4 is 0 Å². The Morgan fingerprint density at radius 3 is 2.69 bits per heavy atom. The van der Waals surface area contributed by atoms with Gasteiger partial charge in [0.1, 0.15) is 5.82 Å². The molecule has 0 amide bonds. The van der Waals surface area contributed by atoms with Crippen LogP contribution >= 0.6 is 0 Å². The van der Waals surface area contributed by atoms with E-state index in [4.69, 9.17) is 0 Å². The van der Waals surface area contributed by atoms with Crippen LogP contribution in [0.5, 0.6) is 0 Å². The maximum Gasteiger partial charge on any atom is 0.125 e. The molecular formula is C11H13N5. The Morgan fingerprint density at radius 2 is 1.94 bits per heavy atom. The smallest absolute Gasteiger partial charge is 0.125 e. The highest BCUT2D eigenvalue weighted by Crippen LogP contribution is 1.95. The lowest BCUT2D eigenvalue weighted by molar-refractivity contribution is 0.661. The highest BCUT2D eigenvalue weighted by atomic mass is 14.9. The van der Waals surface area contributed by atoms with E-state index >= 15 is 0 Å². The molecule has 0 bridgehead atoms. The minimum absolute atomic E-state index is 0.691. The van der Waals surface area contributed by atoms with E-state index in [1.807, 2.05) is 13.0 Å². The first kappa shape index (κ1) is 10.6. The summed E-state index contributed by atoms with van der Waals surface area (Å²) in [5.41, 5.74) is 1.91. The van der Waals surface area contributed by atoms with Gasteiger partial charge in [-0.2, -0.15) is 0 Å².